The molecule has 0 bridgehead atoms. The lowest BCUT2D eigenvalue weighted by atomic mass is 10.1. The number of aromatic amines is 1. The van der Waals surface area contributed by atoms with Crippen LogP contribution in [-0.4, -0.2) is 48.5 Å². The van der Waals surface area contributed by atoms with Crippen LogP contribution in [0.4, 0.5) is 0 Å². The number of aryl methyl sites for hydroxylation is 1. The molecule has 0 saturated heterocycles. The lowest BCUT2D eigenvalue weighted by Crippen LogP contribution is -2.43. The Hall–Kier alpha value is -3.53. The van der Waals surface area contributed by atoms with Gasteiger partial charge in [0.2, 0.25) is 5.91 Å². The molecule has 4 rings (SSSR count). The first-order valence-electron chi connectivity index (χ1n) is 10.2. The van der Waals surface area contributed by atoms with E-state index in [1.54, 1.807) is 12.5 Å². The number of amides is 1. The number of furan rings is 1. The summed E-state index contributed by atoms with van der Waals surface area (Å²) in [5, 5.41) is 22.2. The van der Waals surface area contributed by atoms with Gasteiger partial charge in [0.05, 0.1) is 17.6 Å². The molecule has 0 fully saturated rings. The number of benzene rings is 1. The molecule has 1 atom stereocenters. The van der Waals surface area contributed by atoms with E-state index < -0.39 is 12.0 Å². The van der Waals surface area contributed by atoms with Crippen LogP contribution < -0.4 is 5.32 Å². The van der Waals surface area contributed by atoms with Crippen molar-refractivity contribution < 1.29 is 19.1 Å². The normalized spacial score (nSPS) is 12.2. The van der Waals surface area contributed by atoms with Crippen LogP contribution in [0.5, 0.6) is 0 Å². The largest absolute Gasteiger partial charge is 0.480 e. The van der Waals surface area contributed by atoms with Gasteiger partial charge in [0.1, 0.15) is 11.8 Å². The molecule has 0 aliphatic heterocycles. The van der Waals surface area contributed by atoms with Crippen LogP contribution in [0.15, 0.2) is 52.4 Å². The first kappa shape index (κ1) is 21.7. The second kappa shape index (κ2) is 9.31. The molecule has 0 aliphatic rings. The van der Waals surface area contributed by atoms with Crippen LogP contribution >= 0.6 is 11.8 Å². The third-order valence-corrected chi connectivity index (χ3v) is 6.16. The summed E-state index contributed by atoms with van der Waals surface area (Å²) in [5.41, 5.74) is 2.61. The lowest BCUT2D eigenvalue weighted by Gasteiger charge is -2.14. The first-order valence-corrected chi connectivity index (χ1v) is 11.1. The number of thioether (sulfide) groups is 1. The number of nitrogens with one attached hydrogen (secondary N) is 2. The van der Waals surface area contributed by atoms with Crippen LogP contribution in [0.3, 0.4) is 0 Å². The Morgan fingerprint density at radius 3 is 2.81 bits per heavy atom. The minimum absolute atomic E-state index is 0.0279. The van der Waals surface area contributed by atoms with E-state index in [0.717, 1.165) is 27.8 Å². The van der Waals surface area contributed by atoms with E-state index in [-0.39, 0.29) is 18.1 Å². The molecular weight excluding hydrogens is 430 g/mol. The van der Waals surface area contributed by atoms with Crippen molar-refractivity contribution in [2.24, 2.45) is 0 Å². The number of carboxylic acids is 1. The van der Waals surface area contributed by atoms with Crippen molar-refractivity contribution in [1.29, 1.82) is 0 Å². The minimum atomic E-state index is -1.08. The highest BCUT2D eigenvalue weighted by Gasteiger charge is 2.23. The fourth-order valence-corrected chi connectivity index (χ4v) is 4.40. The monoisotopic (exact) mass is 453 g/mol. The summed E-state index contributed by atoms with van der Waals surface area (Å²) in [7, 11) is 0. The molecule has 166 valence electrons. The maximum Gasteiger partial charge on any atom is 0.326 e. The van der Waals surface area contributed by atoms with Crippen molar-refractivity contribution in [1.82, 2.24) is 25.1 Å². The summed E-state index contributed by atoms with van der Waals surface area (Å²) in [6.45, 7) is 4.44. The van der Waals surface area contributed by atoms with E-state index in [0.29, 0.717) is 17.5 Å². The van der Waals surface area contributed by atoms with Gasteiger partial charge in [0, 0.05) is 30.1 Å². The second-order valence-corrected chi connectivity index (χ2v) is 8.19. The van der Waals surface area contributed by atoms with E-state index in [1.807, 2.05) is 48.7 Å². The van der Waals surface area contributed by atoms with Gasteiger partial charge in [-0.2, -0.15) is 0 Å². The number of carboxylic acid groups (broad SMARTS) is 1. The highest BCUT2D eigenvalue weighted by Crippen LogP contribution is 2.27. The molecule has 32 heavy (non-hydrogen) atoms. The van der Waals surface area contributed by atoms with Crippen LogP contribution in [0, 0.1) is 6.92 Å². The maximum atomic E-state index is 12.5. The molecule has 3 heterocycles. The maximum absolute atomic E-state index is 12.5. The molecule has 1 aromatic carbocycles. The zero-order valence-corrected chi connectivity index (χ0v) is 18.5. The SMILES string of the molecule is CCn1c(SCC(=O)N[C@@H](Cc2c[nH]c3ccccc23)C(=O)O)nnc1-c1ccoc1C. The van der Waals surface area contributed by atoms with Gasteiger partial charge >= 0.3 is 5.97 Å². The Bertz CT molecular complexity index is 1260. The zero-order valence-electron chi connectivity index (χ0n) is 17.7. The van der Waals surface area contributed by atoms with E-state index in [9.17, 15) is 14.7 Å². The van der Waals surface area contributed by atoms with Gasteiger partial charge in [-0.05, 0) is 31.5 Å². The van der Waals surface area contributed by atoms with Gasteiger partial charge in [0.15, 0.2) is 11.0 Å². The number of fused-ring (bicyclic) bond motifs is 1. The summed E-state index contributed by atoms with van der Waals surface area (Å²) in [5.74, 6) is -0.0235. The van der Waals surface area contributed by atoms with Gasteiger partial charge in [-0.1, -0.05) is 30.0 Å². The number of rotatable bonds is 9. The van der Waals surface area contributed by atoms with E-state index in [4.69, 9.17) is 4.42 Å². The fraction of sp³-hybridized carbons (Fsp3) is 0.273. The summed E-state index contributed by atoms with van der Waals surface area (Å²) in [6.07, 6.45) is 3.56. The third kappa shape index (κ3) is 4.40. The van der Waals surface area contributed by atoms with Crippen LogP contribution in [0.2, 0.25) is 0 Å². The number of aromatic nitrogens is 4. The van der Waals surface area contributed by atoms with Gasteiger partial charge in [-0.15, -0.1) is 10.2 Å². The Labute approximate surface area is 188 Å². The molecule has 0 saturated carbocycles. The number of carbonyl (C=O) groups is 2. The molecule has 3 aromatic heterocycles. The van der Waals surface area contributed by atoms with Crippen molar-refractivity contribution in [2.45, 2.75) is 38.0 Å². The topological polar surface area (TPSA) is 126 Å². The fourth-order valence-electron chi connectivity index (χ4n) is 3.58. The van der Waals surface area contributed by atoms with Gasteiger partial charge < -0.3 is 24.4 Å². The molecular formula is C22H23N5O4S. The number of H-pyrrole nitrogens is 1. The molecule has 1 amide bonds. The number of hydrogen-bond acceptors (Lipinski definition) is 6. The van der Waals surface area contributed by atoms with Gasteiger partial charge in [0.25, 0.3) is 0 Å². The van der Waals surface area contributed by atoms with Crippen LogP contribution in [0.25, 0.3) is 22.3 Å². The highest BCUT2D eigenvalue weighted by molar-refractivity contribution is 7.99. The molecule has 0 radical (unpaired) electrons. The summed E-state index contributed by atoms with van der Waals surface area (Å²) >= 11 is 1.22. The van der Waals surface area contributed by atoms with Crippen molar-refractivity contribution in [3.05, 3.63) is 54.1 Å². The highest BCUT2D eigenvalue weighted by atomic mass is 32.2. The Morgan fingerprint density at radius 2 is 2.09 bits per heavy atom. The number of nitrogens with zero attached hydrogens (tertiary/aromatic N) is 3. The average molecular weight is 454 g/mol. The molecule has 0 unspecified atom stereocenters. The third-order valence-electron chi connectivity index (χ3n) is 5.20. The Balaban J connectivity index is 1.42. The molecule has 3 N–H and O–H groups in total. The van der Waals surface area contributed by atoms with E-state index in [1.165, 1.54) is 11.8 Å². The standard InChI is InChI=1S/C22H23N5O4S/c1-3-27-20(15-8-9-31-13(15)2)25-26-22(27)32-12-19(28)24-18(21(29)30)10-14-11-23-17-7-5-4-6-16(14)17/h4-9,11,18,23H,3,10,12H2,1-2H3,(H,24,28)(H,29,30)/t18-/m0/s1. The van der Waals surface area contributed by atoms with Crippen molar-refractivity contribution >= 4 is 34.5 Å². The Morgan fingerprint density at radius 1 is 1.28 bits per heavy atom. The van der Waals surface area contributed by atoms with Crippen molar-refractivity contribution in [3.63, 3.8) is 0 Å². The molecule has 0 spiro atoms. The van der Waals surface area contributed by atoms with Crippen molar-refractivity contribution in [3.8, 4) is 11.4 Å². The summed E-state index contributed by atoms with van der Waals surface area (Å²) in [4.78, 5) is 27.4. The Kier molecular flexibility index (Phi) is 6.31. The van der Waals surface area contributed by atoms with Crippen LogP contribution in [0.1, 0.15) is 18.2 Å². The molecule has 10 heteroatoms. The lowest BCUT2D eigenvalue weighted by molar-refractivity contribution is -0.141. The molecule has 4 aromatic rings. The van der Waals surface area contributed by atoms with Crippen LogP contribution in [-0.2, 0) is 22.6 Å². The summed E-state index contributed by atoms with van der Waals surface area (Å²) < 4.78 is 7.25. The average Bonchev–Trinajstić information content (AvgIpc) is 3.49. The smallest absolute Gasteiger partial charge is 0.326 e. The number of hydrogen-bond donors (Lipinski definition) is 3. The van der Waals surface area contributed by atoms with E-state index in [2.05, 4.69) is 20.5 Å². The quantitative estimate of drug-likeness (QED) is 0.332. The summed E-state index contributed by atoms with van der Waals surface area (Å²) in [6, 6.07) is 8.45. The predicted octanol–water partition coefficient (Wildman–Crippen LogP) is 3.25. The van der Waals surface area contributed by atoms with Gasteiger partial charge in [-0.3, -0.25) is 4.79 Å². The first-order chi connectivity index (χ1) is 15.5. The van der Waals surface area contributed by atoms with E-state index >= 15 is 0 Å². The predicted molar refractivity (Wildman–Crippen MR) is 120 cm³/mol. The minimum Gasteiger partial charge on any atom is -0.480 e. The second-order valence-electron chi connectivity index (χ2n) is 7.25. The molecule has 0 aliphatic carbocycles. The molecule has 9 nitrogen and oxygen atoms in total. The van der Waals surface area contributed by atoms with Gasteiger partial charge in [-0.25, -0.2) is 4.79 Å². The number of para-hydroxylation sites is 1. The van der Waals surface area contributed by atoms with Crippen molar-refractivity contribution in [2.75, 3.05) is 5.75 Å². The number of carbonyl (C=O) groups excluding carboxylic acids is 1. The zero-order chi connectivity index (χ0) is 22.7. The number of aliphatic carboxylic acids is 1.